The third-order valence-corrected chi connectivity index (χ3v) is 6.27. The Morgan fingerprint density at radius 3 is 2.33 bits per heavy atom. The molecule has 1 atom stereocenters. The van der Waals surface area contributed by atoms with Crippen molar-refractivity contribution in [2.45, 2.75) is 24.8 Å². The fourth-order valence-corrected chi connectivity index (χ4v) is 5.00. The zero-order valence-corrected chi connectivity index (χ0v) is 18.2. The lowest BCUT2D eigenvalue weighted by atomic mass is 10.2. The molecule has 2 rings (SSSR count). The Kier molecular flexibility index (Phi) is 7.45. The summed E-state index contributed by atoms with van der Waals surface area (Å²) in [5.41, 5.74) is 0.868. The number of nitrogens with zero attached hydrogens (tertiary/aromatic N) is 1. The minimum atomic E-state index is -3.76. The highest BCUT2D eigenvalue weighted by Crippen LogP contribution is 2.30. The zero-order valence-electron chi connectivity index (χ0n) is 15.1. The number of carbonyl (C=O) groups excluding carboxylic acids is 1. The van der Waals surface area contributed by atoms with Gasteiger partial charge in [-0.3, -0.25) is 9.10 Å². The average Bonchev–Trinajstić information content (AvgIpc) is 2.54. The van der Waals surface area contributed by atoms with Crippen LogP contribution in [0.25, 0.3) is 0 Å². The van der Waals surface area contributed by atoms with Crippen molar-refractivity contribution in [3.63, 3.8) is 0 Å². The van der Waals surface area contributed by atoms with E-state index >= 15 is 0 Å². The third kappa shape index (κ3) is 5.78. The summed E-state index contributed by atoms with van der Waals surface area (Å²) < 4.78 is 25.8. The molecule has 1 unspecified atom stereocenters. The Labute approximate surface area is 174 Å². The first-order valence-corrected chi connectivity index (χ1v) is 11.7. The van der Waals surface area contributed by atoms with Crippen LogP contribution in [-0.4, -0.2) is 32.4 Å². The van der Waals surface area contributed by atoms with Crippen LogP contribution in [0, 0.1) is 0 Å². The van der Waals surface area contributed by atoms with Gasteiger partial charge in [-0.25, -0.2) is 8.42 Å². The van der Waals surface area contributed by atoms with Crippen LogP contribution in [0.4, 0.5) is 11.4 Å². The number of halogens is 2. The molecule has 0 saturated heterocycles. The Morgan fingerprint density at radius 2 is 1.78 bits per heavy atom. The predicted molar refractivity (Wildman–Crippen MR) is 115 cm³/mol. The number of anilines is 2. The number of amides is 1. The van der Waals surface area contributed by atoms with Gasteiger partial charge in [0.1, 0.15) is 6.04 Å². The number of para-hydroxylation sites is 1. The minimum Gasteiger partial charge on any atom is -0.323 e. The first-order valence-electron chi connectivity index (χ1n) is 8.11. The smallest absolute Gasteiger partial charge is 0.248 e. The Morgan fingerprint density at radius 1 is 1.19 bits per heavy atom. The van der Waals surface area contributed by atoms with Gasteiger partial charge < -0.3 is 5.32 Å². The Bertz CT molecular complexity index is 916. The van der Waals surface area contributed by atoms with Crippen LogP contribution in [0.1, 0.15) is 13.8 Å². The summed E-state index contributed by atoms with van der Waals surface area (Å²) in [6, 6.07) is 10.8. The van der Waals surface area contributed by atoms with Gasteiger partial charge >= 0.3 is 0 Å². The number of thioether (sulfide) groups is 1. The molecule has 146 valence electrons. The highest BCUT2D eigenvalue weighted by Gasteiger charge is 2.30. The second-order valence-corrected chi connectivity index (χ2v) is 9.82. The van der Waals surface area contributed by atoms with Crippen molar-refractivity contribution in [3.05, 3.63) is 52.5 Å². The summed E-state index contributed by atoms with van der Waals surface area (Å²) in [6.45, 7) is 3.53. The van der Waals surface area contributed by atoms with Gasteiger partial charge in [0.05, 0.1) is 17.6 Å². The first kappa shape index (κ1) is 21.9. The van der Waals surface area contributed by atoms with E-state index in [4.69, 9.17) is 23.2 Å². The molecule has 5 nitrogen and oxygen atoms in total. The summed E-state index contributed by atoms with van der Waals surface area (Å²) >= 11 is 13.6. The van der Waals surface area contributed by atoms with Gasteiger partial charge in [-0.05, 0) is 43.0 Å². The number of rotatable bonds is 7. The van der Waals surface area contributed by atoms with E-state index in [0.717, 1.165) is 21.2 Å². The second kappa shape index (κ2) is 9.19. The van der Waals surface area contributed by atoms with Crippen LogP contribution >= 0.6 is 35.0 Å². The molecule has 0 aliphatic rings. The molecule has 0 saturated carbocycles. The lowest BCUT2D eigenvalue weighted by Gasteiger charge is -2.28. The minimum absolute atomic E-state index is 0.230. The monoisotopic (exact) mass is 446 g/mol. The maximum atomic E-state index is 12.8. The van der Waals surface area contributed by atoms with Crippen LogP contribution in [0.2, 0.25) is 10.0 Å². The average molecular weight is 447 g/mol. The highest BCUT2D eigenvalue weighted by molar-refractivity contribution is 7.99. The van der Waals surface area contributed by atoms with Gasteiger partial charge in [-0.1, -0.05) is 42.3 Å². The maximum Gasteiger partial charge on any atom is 0.248 e. The lowest BCUT2D eigenvalue weighted by molar-refractivity contribution is -0.116. The summed E-state index contributed by atoms with van der Waals surface area (Å²) in [5, 5.41) is 3.38. The van der Waals surface area contributed by atoms with Gasteiger partial charge in [0.15, 0.2) is 0 Å². The standard InChI is InChI=1S/C18H20Cl2N2O3S2/c1-4-26-17-8-6-5-7-16(17)21-18(23)12(2)22(27(3,24)25)15-10-13(19)9-14(20)11-15/h5-12H,4H2,1-3H3,(H,21,23). The van der Waals surface area contributed by atoms with Crippen LogP contribution in [0.15, 0.2) is 47.4 Å². The number of hydrogen-bond acceptors (Lipinski definition) is 4. The van der Waals surface area contributed by atoms with Gasteiger partial charge in [0.2, 0.25) is 15.9 Å². The van der Waals surface area contributed by atoms with Crippen LogP contribution < -0.4 is 9.62 Å². The van der Waals surface area contributed by atoms with Crippen molar-refractivity contribution in [1.82, 2.24) is 0 Å². The predicted octanol–water partition coefficient (Wildman–Crippen LogP) is 4.90. The number of hydrogen-bond donors (Lipinski definition) is 1. The molecule has 0 aliphatic carbocycles. The molecule has 2 aromatic carbocycles. The van der Waals surface area contributed by atoms with Crippen LogP contribution in [0.5, 0.6) is 0 Å². The molecule has 0 aliphatic heterocycles. The van der Waals surface area contributed by atoms with E-state index in [0.29, 0.717) is 5.69 Å². The fourth-order valence-electron chi connectivity index (χ4n) is 2.56. The molecule has 0 heterocycles. The molecule has 1 amide bonds. The van der Waals surface area contributed by atoms with E-state index < -0.39 is 22.0 Å². The molecule has 0 aromatic heterocycles. The molecule has 1 N–H and O–H groups in total. The third-order valence-electron chi connectivity index (χ3n) is 3.64. The molecule has 0 fully saturated rings. The summed E-state index contributed by atoms with van der Waals surface area (Å²) in [6.07, 6.45) is 1.03. The number of nitrogens with one attached hydrogen (secondary N) is 1. The Balaban J connectivity index is 2.36. The molecule has 0 radical (unpaired) electrons. The van der Waals surface area contributed by atoms with Gasteiger partial charge in [-0.2, -0.15) is 0 Å². The number of sulfonamides is 1. The molecule has 0 bridgehead atoms. The number of carbonyl (C=O) groups is 1. The lowest BCUT2D eigenvalue weighted by Crippen LogP contribution is -2.45. The zero-order chi connectivity index (χ0) is 20.2. The van der Waals surface area contributed by atoms with Crippen LogP contribution in [-0.2, 0) is 14.8 Å². The SMILES string of the molecule is CCSc1ccccc1NC(=O)C(C)N(c1cc(Cl)cc(Cl)c1)S(C)(=O)=O. The second-order valence-electron chi connectivity index (χ2n) is 5.78. The molecule has 0 spiro atoms. The van der Waals surface area contributed by atoms with E-state index in [9.17, 15) is 13.2 Å². The summed E-state index contributed by atoms with van der Waals surface area (Å²) in [4.78, 5) is 13.7. The fraction of sp³-hybridized carbons (Fsp3) is 0.278. The van der Waals surface area contributed by atoms with Crippen LogP contribution in [0.3, 0.4) is 0 Å². The number of benzene rings is 2. The highest BCUT2D eigenvalue weighted by atomic mass is 35.5. The quantitative estimate of drug-likeness (QED) is 0.614. The molecular formula is C18H20Cl2N2O3S2. The molecule has 2 aromatic rings. The van der Waals surface area contributed by atoms with Crippen molar-refractivity contribution < 1.29 is 13.2 Å². The first-order chi connectivity index (χ1) is 12.6. The van der Waals surface area contributed by atoms with E-state index in [1.54, 1.807) is 17.8 Å². The Hall–Kier alpha value is -1.41. The van der Waals surface area contributed by atoms with Crippen molar-refractivity contribution in [2.75, 3.05) is 21.6 Å². The van der Waals surface area contributed by atoms with Gasteiger partial charge in [0.25, 0.3) is 0 Å². The van der Waals surface area contributed by atoms with Gasteiger partial charge in [-0.15, -0.1) is 11.8 Å². The van der Waals surface area contributed by atoms with Gasteiger partial charge in [0, 0.05) is 14.9 Å². The van der Waals surface area contributed by atoms with Crippen molar-refractivity contribution >= 4 is 62.3 Å². The summed E-state index contributed by atoms with van der Waals surface area (Å²) in [7, 11) is -3.76. The normalized spacial score (nSPS) is 12.5. The summed E-state index contributed by atoms with van der Waals surface area (Å²) in [5.74, 6) is 0.388. The maximum absolute atomic E-state index is 12.8. The van der Waals surface area contributed by atoms with E-state index in [-0.39, 0.29) is 15.7 Å². The van der Waals surface area contributed by atoms with Crippen molar-refractivity contribution in [2.24, 2.45) is 0 Å². The largest absolute Gasteiger partial charge is 0.323 e. The molecular weight excluding hydrogens is 427 g/mol. The van der Waals surface area contributed by atoms with Crippen molar-refractivity contribution in [3.8, 4) is 0 Å². The van der Waals surface area contributed by atoms with Crippen molar-refractivity contribution in [1.29, 1.82) is 0 Å². The van der Waals surface area contributed by atoms with E-state index in [2.05, 4.69) is 5.32 Å². The molecule has 9 heteroatoms. The molecule has 27 heavy (non-hydrogen) atoms. The van der Waals surface area contributed by atoms with E-state index in [1.165, 1.54) is 25.1 Å². The van der Waals surface area contributed by atoms with E-state index in [1.807, 2.05) is 25.1 Å². The topological polar surface area (TPSA) is 66.5 Å².